The summed E-state index contributed by atoms with van der Waals surface area (Å²) in [5, 5.41) is 37.1. The highest BCUT2D eigenvalue weighted by atomic mass is 32.1. The van der Waals surface area contributed by atoms with Crippen LogP contribution in [0.5, 0.6) is 17.2 Å². The number of nitrogens with one attached hydrogen (secondary N) is 2. The third kappa shape index (κ3) is 12.2. The average Bonchev–Trinajstić information content (AvgIpc) is 4.07. The summed E-state index contributed by atoms with van der Waals surface area (Å²) >= 11 is 3.00. The number of hydrogen-bond acceptors (Lipinski definition) is 13. The minimum absolute atomic E-state index is 0.00318. The summed E-state index contributed by atoms with van der Waals surface area (Å²) in [7, 11) is 0. The SMILES string of the molecule is Cc1ncsc1-c1ccc(CNC(=O)[C@@H]2C[C@@H](O)CN2C(=O)[C@@H](NC(=O)COCCC2CCN(CCOc3ccc(C(=O)c4c(-c5ccc(O)cc5)sc5cc(O)ccc45)cc3)CC2)C(C)(C)C)cc1. The van der Waals surface area contributed by atoms with E-state index < -0.39 is 35.4 Å². The number of likely N-dealkylation sites (tertiary alicyclic amines) is 2. The maximum atomic E-state index is 14.0. The zero-order valence-corrected chi connectivity index (χ0v) is 41.6. The Hall–Kier alpha value is -6.17. The number of amides is 3. The van der Waals surface area contributed by atoms with Crippen molar-refractivity contribution in [2.45, 2.75) is 78.1 Å². The van der Waals surface area contributed by atoms with Crippen molar-refractivity contribution in [2.24, 2.45) is 11.3 Å². The number of thiazole rings is 1. The molecule has 0 unspecified atom stereocenters. The lowest BCUT2D eigenvalue weighted by Crippen LogP contribution is -2.58. The van der Waals surface area contributed by atoms with Crippen molar-refractivity contribution in [3.05, 3.63) is 119 Å². The van der Waals surface area contributed by atoms with Crippen molar-refractivity contribution in [1.29, 1.82) is 0 Å². The van der Waals surface area contributed by atoms with Gasteiger partial charge in [0.05, 0.1) is 22.2 Å². The Morgan fingerprint density at radius 2 is 1.56 bits per heavy atom. The summed E-state index contributed by atoms with van der Waals surface area (Å²) in [6.45, 7) is 11.1. The van der Waals surface area contributed by atoms with E-state index in [9.17, 15) is 34.5 Å². The fraction of sp³-hybridized carbons (Fsp3) is 0.389. The Labute approximate surface area is 416 Å². The van der Waals surface area contributed by atoms with Gasteiger partial charge in [-0.05, 0) is 134 Å². The number of carbonyl (C=O) groups excluding carboxylic acids is 4. The zero-order chi connectivity index (χ0) is 49.5. The number of aromatic nitrogens is 1. The Bertz CT molecular complexity index is 2780. The van der Waals surface area contributed by atoms with E-state index in [1.807, 2.05) is 69.6 Å². The van der Waals surface area contributed by atoms with Gasteiger partial charge >= 0.3 is 0 Å². The highest BCUT2D eigenvalue weighted by Gasteiger charge is 2.44. The molecule has 2 saturated heterocycles. The van der Waals surface area contributed by atoms with Crippen molar-refractivity contribution in [3.63, 3.8) is 0 Å². The zero-order valence-electron chi connectivity index (χ0n) is 40.0. The molecule has 3 amide bonds. The van der Waals surface area contributed by atoms with E-state index >= 15 is 0 Å². The van der Waals surface area contributed by atoms with Gasteiger partial charge in [0.15, 0.2) is 5.78 Å². The number of benzene rings is 4. The number of phenols is 2. The highest BCUT2D eigenvalue weighted by molar-refractivity contribution is 7.22. The molecule has 2 fully saturated rings. The molecule has 0 saturated carbocycles. The van der Waals surface area contributed by atoms with Gasteiger partial charge in [0.25, 0.3) is 0 Å². The predicted molar refractivity (Wildman–Crippen MR) is 272 cm³/mol. The molecule has 0 bridgehead atoms. The van der Waals surface area contributed by atoms with Crippen LogP contribution in [0.15, 0.2) is 96.5 Å². The fourth-order valence-electron chi connectivity index (χ4n) is 9.16. The van der Waals surface area contributed by atoms with Gasteiger partial charge in [-0.2, -0.15) is 0 Å². The Balaban J connectivity index is 0.742. The Kier molecular flexibility index (Phi) is 16.0. The maximum absolute atomic E-state index is 14.0. The van der Waals surface area contributed by atoms with Crippen molar-refractivity contribution in [2.75, 3.05) is 46.0 Å². The van der Waals surface area contributed by atoms with E-state index in [4.69, 9.17) is 9.47 Å². The Morgan fingerprint density at radius 1 is 0.871 bits per heavy atom. The molecule has 16 heteroatoms. The average molecular weight is 988 g/mol. The number of aliphatic hydroxyl groups is 1. The number of piperidine rings is 1. The van der Waals surface area contributed by atoms with Crippen molar-refractivity contribution in [1.82, 2.24) is 25.4 Å². The highest BCUT2D eigenvalue weighted by Crippen LogP contribution is 2.42. The van der Waals surface area contributed by atoms with Gasteiger partial charge < -0.3 is 40.3 Å². The molecule has 0 aliphatic carbocycles. The molecule has 4 heterocycles. The van der Waals surface area contributed by atoms with Crippen LogP contribution in [0.25, 0.3) is 31.0 Å². The summed E-state index contributed by atoms with van der Waals surface area (Å²) in [6.07, 6.45) is 2.04. The first-order valence-corrected chi connectivity index (χ1v) is 25.5. The molecule has 0 spiro atoms. The lowest BCUT2D eigenvalue weighted by Gasteiger charge is -2.35. The normalized spacial score (nSPS) is 17.1. The van der Waals surface area contributed by atoms with Gasteiger partial charge in [0.2, 0.25) is 17.7 Å². The van der Waals surface area contributed by atoms with Crippen LogP contribution in [0.3, 0.4) is 0 Å². The number of ether oxygens (including phenoxy) is 2. The molecule has 2 aliphatic heterocycles. The summed E-state index contributed by atoms with van der Waals surface area (Å²) in [4.78, 5) is 64.6. The van der Waals surface area contributed by atoms with Gasteiger partial charge in [-0.25, -0.2) is 4.98 Å². The van der Waals surface area contributed by atoms with Gasteiger partial charge in [-0.1, -0.05) is 45.0 Å². The fourth-order valence-corrected chi connectivity index (χ4v) is 11.2. The van der Waals surface area contributed by atoms with Crippen molar-refractivity contribution < 1.29 is 44.0 Å². The van der Waals surface area contributed by atoms with Gasteiger partial charge in [-0.15, -0.1) is 22.7 Å². The van der Waals surface area contributed by atoms with Crippen LogP contribution in [-0.4, -0.2) is 118 Å². The molecule has 368 valence electrons. The first-order valence-electron chi connectivity index (χ1n) is 23.8. The standard InChI is InChI=1S/C54H61N5O9S2/c1-33-49(69-32-56-33)37-7-5-35(6-8-37)29-55-52(65)44-27-41(62)30-59(44)53(66)51(54(2,3)4)57-46(63)31-67-25-21-34-19-22-58(23-20-34)24-26-68-42-16-11-36(12-17-42)48(64)47-43-18-15-40(61)28-45(43)70-50(47)38-9-13-39(60)14-10-38/h5-18,28,32,34,41,44,51,60-62H,19-27,29-31H2,1-4H3,(H,55,65)(H,57,63)/t41-,44+,51-/m1/s1. The molecule has 2 aliphatic rings. The molecule has 5 N–H and O–H groups in total. The molecule has 3 atom stereocenters. The van der Waals surface area contributed by atoms with Gasteiger partial charge in [0, 0.05) is 58.8 Å². The number of rotatable bonds is 18. The van der Waals surface area contributed by atoms with Crippen LogP contribution in [0.1, 0.15) is 73.6 Å². The molecular formula is C54H61N5O9S2. The number of fused-ring (bicyclic) bond motifs is 1. The number of nitrogens with zero attached hydrogens (tertiary/aromatic N) is 3. The Morgan fingerprint density at radius 3 is 2.24 bits per heavy atom. The maximum Gasteiger partial charge on any atom is 0.246 e. The quantitative estimate of drug-likeness (QED) is 0.0415. The topological polar surface area (TPSA) is 191 Å². The lowest BCUT2D eigenvalue weighted by molar-refractivity contribution is -0.144. The summed E-state index contributed by atoms with van der Waals surface area (Å²) in [5.74, 6) is 0.0504. The number of aryl methyl sites for hydroxylation is 1. The molecule has 0 radical (unpaired) electrons. The second-order valence-electron chi connectivity index (χ2n) is 19.3. The second kappa shape index (κ2) is 22.3. The van der Waals surface area contributed by atoms with E-state index in [0.717, 1.165) is 81.1 Å². The van der Waals surface area contributed by atoms with Gasteiger partial charge in [0.1, 0.15) is 42.5 Å². The van der Waals surface area contributed by atoms with E-state index in [1.165, 1.54) is 16.2 Å². The molecule has 70 heavy (non-hydrogen) atoms. The van der Waals surface area contributed by atoms with E-state index in [0.29, 0.717) is 36.0 Å². The largest absolute Gasteiger partial charge is 0.508 e. The third-order valence-corrected chi connectivity index (χ3v) is 15.3. The van der Waals surface area contributed by atoms with Crippen molar-refractivity contribution in [3.8, 4) is 38.1 Å². The number of β-amino-alcohol motifs (C(OH)–C–C–N with tert-alkyl or cyclic N) is 1. The minimum atomic E-state index is -0.939. The minimum Gasteiger partial charge on any atom is -0.508 e. The smallest absolute Gasteiger partial charge is 0.246 e. The molecule has 2 aromatic heterocycles. The van der Waals surface area contributed by atoms with Crippen LogP contribution < -0.4 is 15.4 Å². The first kappa shape index (κ1) is 50.2. The van der Waals surface area contributed by atoms with E-state index in [2.05, 4.69) is 20.5 Å². The number of aromatic hydroxyl groups is 2. The van der Waals surface area contributed by atoms with E-state index in [-0.39, 0.29) is 49.3 Å². The molecule has 6 aromatic rings. The van der Waals surface area contributed by atoms with Crippen LogP contribution in [0.4, 0.5) is 0 Å². The van der Waals surface area contributed by atoms with Gasteiger partial charge in [-0.3, -0.25) is 24.1 Å². The number of ketones is 1. The summed E-state index contributed by atoms with van der Waals surface area (Å²) < 4.78 is 12.7. The number of hydrogen-bond donors (Lipinski definition) is 5. The van der Waals surface area contributed by atoms with Crippen LogP contribution in [-0.2, 0) is 25.7 Å². The summed E-state index contributed by atoms with van der Waals surface area (Å²) in [6, 6.07) is 25.0. The number of phenolic OH excluding ortho intramolecular Hbond substituents is 2. The lowest BCUT2D eigenvalue weighted by atomic mass is 9.85. The summed E-state index contributed by atoms with van der Waals surface area (Å²) in [5.41, 5.74) is 5.92. The van der Waals surface area contributed by atoms with Crippen LogP contribution in [0.2, 0.25) is 0 Å². The molecular weight excluding hydrogens is 927 g/mol. The van der Waals surface area contributed by atoms with E-state index in [1.54, 1.807) is 65.9 Å². The monoisotopic (exact) mass is 987 g/mol. The van der Waals surface area contributed by atoms with Crippen molar-refractivity contribution >= 4 is 56.3 Å². The molecule has 14 nitrogen and oxygen atoms in total. The first-order chi connectivity index (χ1) is 33.6. The molecule has 4 aromatic carbocycles. The predicted octanol–water partition coefficient (Wildman–Crippen LogP) is 7.95. The second-order valence-corrected chi connectivity index (χ2v) is 21.2. The number of thiophene rings is 1. The number of aliphatic hydroxyl groups excluding tert-OH is 1. The van der Waals surface area contributed by atoms with Crippen LogP contribution in [0, 0.1) is 18.3 Å². The third-order valence-electron chi connectivity index (χ3n) is 13.1. The molecule has 8 rings (SSSR count). The van der Waals surface area contributed by atoms with Crippen LogP contribution >= 0.6 is 22.7 Å². The number of carbonyl (C=O) groups is 4.